The number of aryl methyl sites for hydroxylation is 1. The lowest BCUT2D eigenvalue weighted by Crippen LogP contribution is -2.37. The topological polar surface area (TPSA) is 78.3 Å². The van der Waals surface area contributed by atoms with E-state index in [-0.39, 0.29) is 17.1 Å². The van der Waals surface area contributed by atoms with Crippen LogP contribution in [-0.4, -0.2) is 41.4 Å². The number of halogens is 1. The Labute approximate surface area is 187 Å². The van der Waals surface area contributed by atoms with Gasteiger partial charge in [-0.25, -0.2) is 9.67 Å². The van der Waals surface area contributed by atoms with Crippen LogP contribution in [0, 0.1) is 0 Å². The van der Waals surface area contributed by atoms with Crippen LogP contribution in [0.5, 0.6) is 11.5 Å². The Balaban J connectivity index is 1.78. The molecule has 0 radical (unpaired) electrons. The molecule has 1 aromatic heterocycles. The molecule has 0 aliphatic carbocycles. The average Bonchev–Trinajstić information content (AvgIpc) is 3.21. The van der Waals surface area contributed by atoms with Gasteiger partial charge in [-0.05, 0) is 29.8 Å². The van der Waals surface area contributed by atoms with Gasteiger partial charge in [0.15, 0.2) is 11.5 Å². The normalized spacial score (nSPS) is 11.3. The summed E-state index contributed by atoms with van der Waals surface area (Å²) in [6, 6.07) is 13.1. The van der Waals surface area contributed by atoms with Crippen molar-refractivity contribution in [2.75, 3.05) is 20.8 Å². The molecule has 2 aromatic carbocycles. The van der Waals surface area contributed by atoms with Crippen LogP contribution in [0.1, 0.15) is 42.8 Å². The molecule has 3 aromatic rings. The van der Waals surface area contributed by atoms with Gasteiger partial charge in [-0.1, -0.05) is 50.6 Å². The number of carbonyl (C=O) groups is 1. The zero-order chi connectivity index (χ0) is 22.6. The van der Waals surface area contributed by atoms with Crippen molar-refractivity contribution in [2.24, 2.45) is 0 Å². The van der Waals surface area contributed by atoms with Crippen molar-refractivity contribution in [1.29, 1.82) is 0 Å². The minimum absolute atomic E-state index is 0.111. The predicted molar refractivity (Wildman–Crippen MR) is 121 cm³/mol. The van der Waals surface area contributed by atoms with Gasteiger partial charge in [-0.2, -0.15) is 0 Å². The molecule has 164 valence electrons. The molecule has 8 heteroatoms. The summed E-state index contributed by atoms with van der Waals surface area (Å²) in [7, 11) is 3.20. The maximum Gasteiger partial charge on any atom is 0.291 e. The number of nitrogens with one attached hydrogen (secondary N) is 1. The molecule has 0 aliphatic rings. The lowest BCUT2D eigenvalue weighted by atomic mass is 9.84. The summed E-state index contributed by atoms with van der Waals surface area (Å²) >= 11 is 6.30. The number of ether oxygens (including phenoxy) is 2. The minimum atomic E-state index is -0.353. The second kappa shape index (κ2) is 9.39. The number of hydrogen-bond acceptors (Lipinski definition) is 5. The van der Waals surface area contributed by atoms with E-state index in [0.717, 1.165) is 5.56 Å². The molecule has 0 atom stereocenters. The van der Waals surface area contributed by atoms with Gasteiger partial charge in [-0.3, -0.25) is 4.79 Å². The molecule has 1 heterocycles. The molecule has 1 N–H and O–H groups in total. The first-order valence-electron chi connectivity index (χ1n) is 10.0. The third-order valence-corrected chi connectivity index (χ3v) is 5.45. The Morgan fingerprint density at radius 2 is 1.84 bits per heavy atom. The van der Waals surface area contributed by atoms with E-state index < -0.39 is 0 Å². The molecule has 7 nitrogen and oxygen atoms in total. The first-order valence-corrected chi connectivity index (χ1v) is 10.4. The van der Waals surface area contributed by atoms with Gasteiger partial charge in [0, 0.05) is 18.4 Å². The molecule has 0 unspecified atom stereocenters. The Hall–Kier alpha value is -3.06. The van der Waals surface area contributed by atoms with Crippen molar-refractivity contribution in [3.8, 4) is 17.2 Å². The van der Waals surface area contributed by atoms with Crippen molar-refractivity contribution >= 4 is 17.5 Å². The lowest BCUT2D eigenvalue weighted by molar-refractivity contribution is 0.0935. The smallest absolute Gasteiger partial charge is 0.291 e. The zero-order valence-electron chi connectivity index (χ0n) is 18.4. The van der Waals surface area contributed by atoms with E-state index in [0.29, 0.717) is 41.0 Å². The van der Waals surface area contributed by atoms with Gasteiger partial charge in [0.05, 0.1) is 24.9 Å². The Kier molecular flexibility index (Phi) is 6.85. The minimum Gasteiger partial charge on any atom is -0.493 e. The number of hydrogen-bond donors (Lipinski definition) is 1. The van der Waals surface area contributed by atoms with Crippen molar-refractivity contribution in [2.45, 2.75) is 32.6 Å². The molecule has 0 fully saturated rings. The third-order valence-electron chi connectivity index (χ3n) is 5.13. The van der Waals surface area contributed by atoms with Gasteiger partial charge in [0.25, 0.3) is 5.91 Å². The molecule has 1 amide bonds. The number of rotatable bonds is 8. The van der Waals surface area contributed by atoms with Crippen LogP contribution in [0.4, 0.5) is 0 Å². The van der Waals surface area contributed by atoms with E-state index in [4.69, 9.17) is 21.1 Å². The van der Waals surface area contributed by atoms with Gasteiger partial charge in [0.2, 0.25) is 5.82 Å². The van der Waals surface area contributed by atoms with E-state index >= 15 is 0 Å². The lowest BCUT2D eigenvalue weighted by Gasteiger charge is -2.26. The van der Waals surface area contributed by atoms with Gasteiger partial charge >= 0.3 is 0 Å². The Bertz CT molecular complexity index is 1080. The number of amides is 1. The molecule has 3 rings (SSSR count). The fourth-order valence-corrected chi connectivity index (χ4v) is 3.44. The maximum atomic E-state index is 12.8. The average molecular weight is 443 g/mol. The van der Waals surface area contributed by atoms with Crippen LogP contribution in [0.25, 0.3) is 5.69 Å². The summed E-state index contributed by atoms with van der Waals surface area (Å²) in [6.45, 7) is 6.44. The van der Waals surface area contributed by atoms with E-state index in [2.05, 4.69) is 15.4 Å². The van der Waals surface area contributed by atoms with Crippen LogP contribution in [-0.2, 0) is 11.8 Å². The fraction of sp³-hybridized carbons (Fsp3) is 0.348. The molecular formula is C23H27ClN4O3. The van der Waals surface area contributed by atoms with Crippen LogP contribution < -0.4 is 14.8 Å². The highest BCUT2D eigenvalue weighted by molar-refractivity contribution is 6.32. The van der Waals surface area contributed by atoms with Gasteiger partial charge in [0.1, 0.15) is 5.82 Å². The molecule has 0 saturated carbocycles. The van der Waals surface area contributed by atoms with Crippen LogP contribution in [0.3, 0.4) is 0 Å². The van der Waals surface area contributed by atoms with E-state index in [1.165, 1.54) is 0 Å². The van der Waals surface area contributed by atoms with Crippen molar-refractivity contribution < 1.29 is 14.3 Å². The predicted octanol–water partition coefficient (Wildman–Crippen LogP) is 4.21. The molecule has 0 aliphatic heterocycles. The number of carbonyl (C=O) groups excluding carboxylic acids is 1. The van der Waals surface area contributed by atoms with E-state index in [1.54, 1.807) is 25.0 Å². The number of benzene rings is 2. The van der Waals surface area contributed by atoms with Crippen molar-refractivity contribution in [1.82, 2.24) is 20.1 Å². The zero-order valence-corrected chi connectivity index (χ0v) is 19.2. The van der Waals surface area contributed by atoms with E-state index in [9.17, 15) is 4.79 Å². The van der Waals surface area contributed by atoms with Gasteiger partial charge in [-0.15, -0.1) is 5.10 Å². The second-order valence-electron chi connectivity index (χ2n) is 7.70. The Morgan fingerprint density at radius 3 is 2.48 bits per heavy atom. The SMILES string of the molecule is CCc1nc(C(=O)NCC(C)(C)c2ccc(OC)c(OC)c2)nn1-c1ccccc1Cl. The van der Waals surface area contributed by atoms with Crippen LogP contribution in [0.2, 0.25) is 5.02 Å². The van der Waals surface area contributed by atoms with Crippen LogP contribution in [0.15, 0.2) is 42.5 Å². The standard InChI is InChI=1S/C23H27ClN4O3/c1-6-20-26-21(27-28(20)17-10-8-7-9-16(17)24)22(29)25-14-23(2,3)15-11-12-18(30-4)19(13-15)31-5/h7-13H,6,14H2,1-5H3,(H,25,29). The van der Waals surface area contributed by atoms with Gasteiger partial charge < -0.3 is 14.8 Å². The quantitative estimate of drug-likeness (QED) is 0.565. The molecular weight excluding hydrogens is 416 g/mol. The third kappa shape index (κ3) is 4.82. The Morgan fingerprint density at radius 1 is 1.13 bits per heavy atom. The highest BCUT2D eigenvalue weighted by atomic mass is 35.5. The highest BCUT2D eigenvalue weighted by Crippen LogP contribution is 2.33. The largest absolute Gasteiger partial charge is 0.493 e. The summed E-state index contributed by atoms with van der Waals surface area (Å²) in [5.41, 5.74) is 1.35. The summed E-state index contributed by atoms with van der Waals surface area (Å²) < 4.78 is 12.3. The van der Waals surface area contributed by atoms with Crippen molar-refractivity contribution in [3.63, 3.8) is 0 Å². The molecule has 0 bridgehead atoms. The second-order valence-corrected chi connectivity index (χ2v) is 8.11. The first kappa shape index (κ1) is 22.6. The molecule has 31 heavy (non-hydrogen) atoms. The number of methoxy groups -OCH3 is 2. The summed E-state index contributed by atoms with van der Waals surface area (Å²) in [5, 5.41) is 7.91. The number of aromatic nitrogens is 3. The van der Waals surface area contributed by atoms with E-state index in [1.807, 2.05) is 57.2 Å². The monoisotopic (exact) mass is 442 g/mol. The number of nitrogens with zero attached hydrogens (tertiary/aromatic N) is 3. The van der Waals surface area contributed by atoms with Crippen LogP contribution >= 0.6 is 11.6 Å². The fourth-order valence-electron chi connectivity index (χ4n) is 3.23. The summed E-state index contributed by atoms with van der Waals surface area (Å²) in [5.74, 6) is 1.74. The summed E-state index contributed by atoms with van der Waals surface area (Å²) in [6.07, 6.45) is 0.614. The highest BCUT2D eigenvalue weighted by Gasteiger charge is 2.25. The number of para-hydroxylation sites is 1. The molecule has 0 saturated heterocycles. The first-order chi connectivity index (χ1) is 14.8. The maximum absolute atomic E-state index is 12.8. The van der Waals surface area contributed by atoms with Crippen molar-refractivity contribution in [3.05, 3.63) is 64.7 Å². The summed E-state index contributed by atoms with van der Waals surface area (Å²) in [4.78, 5) is 17.2. The molecule has 0 spiro atoms.